The lowest BCUT2D eigenvalue weighted by Gasteiger charge is -2.02. The van der Waals surface area contributed by atoms with Crippen molar-refractivity contribution >= 4 is 34.1 Å². The number of hydrazone groups is 1. The van der Waals surface area contributed by atoms with Gasteiger partial charge in [0, 0.05) is 22.1 Å². The van der Waals surface area contributed by atoms with E-state index in [1.54, 1.807) is 18.3 Å². The van der Waals surface area contributed by atoms with E-state index in [4.69, 9.17) is 11.6 Å². The molecular formula is C17H14ClN3O. The molecule has 0 aliphatic carbocycles. The Morgan fingerprint density at radius 1 is 1.14 bits per heavy atom. The van der Waals surface area contributed by atoms with Gasteiger partial charge in [0.25, 0.3) is 5.91 Å². The molecule has 4 nitrogen and oxygen atoms in total. The Labute approximate surface area is 132 Å². The van der Waals surface area contributed by atoms with E-state index < -0.39 is 0 Å². The summed E-state index contributed by atoms with van der Waals surface area (Å²) in [6.45, 7) is 1.83. The van der Waals surface area contributed by atoms with Gasteiger partial charge in [0.2, 0.25) is 0 Å². The normalized spacial score (nSPS) is 11.6. The molecule has 22 heavy (non-hydrogen) atoms. The number of carbonyl (C=O) groups excluding carboxylic acids is 1. The molecule has 3 rings (SSSR count). The molecule has 0 radical (unpaired) electrons. The first-order valence-corrected chi connectivity index (χ1v) is 7.19. The molecule has 5 heteroatoms. The summed E-state index contributed by atoms with van der Waals surface area (Å²) in [5.41, 5.74) is 5.70. The van der Waals surface area contributed by atoms with Crippen molar-refractivity contribution in [1.29, 1.82) is 0 Å². The van der Waals surface area contributed by atoms with E-state index in [0.29, 0.717) is 16.3 Å². The quantitative estimate of drug-likeness (QED) is 0.558. The minimum Gasteiger partial charge on any atom is -0.360 e. The summed E-state index contributed by atoms with van der Waals surface area (Å²) in [6, 6.07) is 14.9. The largest absolute Gasteiger partial charge is 0.360 e. The molecule has 0 aliphatic rings. The number of H-pyrrole nitrogens is 1. The highest BCUT2D eigenvalue weighted by Crippen LogP contribution is 2.17. The van der Waals surface area contributed by atoms with Crippen LogP contribution in [0.25, 0.3) is 10.9 Å². The lowest BCUT2D eigenvalue weighted by Crippen LogP contribution is -2.19. The lowest BCUT2D eigenvalue weighted by molar-refractivity contribution is 0.0956. The number of carbonyl (C=O) groups is 1. The van der Waals surface area contributed by atoms with Gasteiger partial charge < -0.3 is 4.98 Å². The van der Waals surface area contributed by atoms with Crippen LogP contribution in [-0.2, 0) is 0 Å². The average Bonchev–Trinajstić information content (AvgIpc) is 2.97. The molecule has 1 aromatic heterocycles. The van der Waals surface area contributed by atoms with Crippen molar-refractivity contribution in [1.82, 2.24) is 10.4 Å². The van der Waals surface area contributed by atoms with Gasteiger partial charge in [-0.1, -0.05) is 41.9 Å². The van der Waals surface area contributed by atoms with Crippen LogP contribution in [0.3, 0.4) is 0 Å². The number of nitrogens with one attached hydrogen (secondary N) is 2. The second-order valence-corrected chi connectivity index (χ2v) is 5.33. The van der Waals surface area contributed by atoms with Crippen LogP contribution in [0.5, 0.6) is 0 Å². The van der Waals surface area contributed by atoms with E-state index in [0.717, 1.165) is 16.5 Å². The zero-order valence-electron chi connectivity index (χ0n) is 11.9. The smallest absolute Gasteiger partial charge is 0.273 e. The van der Waals surface area contributed by atoms with Gasteiger partial charge in [-0.3, -0.25) is 4.79 Å². The van der Waals surface area contributed by atoms with E-state index in [1.165, 1.54) is 0 Å². The van der Waals surface area contributed by atoms with E-state index >= 15 is 0 Å². The maximum absolute atomic E-state index is 12.3. The van der Waals surface area contributed by atoms with Crippen LogP contribution in [0, 0.1) is 0 Å². The van der Waals surface area contributed by atoms with E-state index in [1.807, 2.05) is 43.3 Å². The summed E-state index contributed by atoms with van der Waals surface area (Å²) >= 11 is 5.85. The van der Waals surface area contributed by atoms with Crippen molar-refractivity contribution in [2.24, 2.45) is 5.10 Å². The first-order valence-electron chi connectivity index (χ1n) is 6.82. The summed E-state index contributed by atoms with van der Waals surface area (Å²) in [7, 11) is 0. The molecular weight excluding hydrogens is 298 g/mol. The van der Waals surface area contributed by atoms with Gasteiger partial charge in [-0.2, -0.15) is 5.10 Å². The Bertz CT molecular complexity index is 850. The fraction of sp³-hybridized carbons (Fsp3) is 0.0588. The van der Waals surface area contributed by atoms with E-state index in [2.05, 4.69) is 15.5 Å². The molecule has 0 unspecified atom stereocenters. The summed E-state index contributed by atoms with van der Waals surface area (Å²) < 4.78 is 0. The maximum atomic E-state index is 12.3. The molecule has 110 valence electrons. The zero-order chi connectivity index (χ0) is 15.5. The van der Waals surface area contributed by atoms with Crippen LogP contribution in [0.2, 0.25) is 5.02 Å². The van der Waals surface area contributed by atoms with Gasteiger partial charge in [-0.25, -0.2) is 5.43 Å². The fourth-order valence-electron chi connectivity index (χ4n) is 2.21. The predicted molar refractivity (Wildman–Crippen MR) is 89.4 cm³/mol. The fourth-order valence-corrected chi connectivity index (χ4v) is 2.34. The van der Waals surface area contributed by atoms with E-state index in [9.17, 15) is 4.79 Å². The van der Waals surface area contributed by atoms with Gasteiger partial charge in [0.05, 0.1) is 11.3 Å². The van der Waals surface area contributed by atoms with Crippen molar-refractivity contribution in [3.63, 3.8) is 0 Å². The van der Waals surface area contributed by atoms with Crippen molar-refractivity contribution in [3.05, 3.63) is 70.9 Å². The zero-order valence-corrected chi connectivity index (χ0v) is 12.7. The highest BCUT2D eigenvalue weighted by Gasteiger charge is 2.10. The molecule has 2 aromatic carbocycles. The number of rotatable bonds is 3. The van der Waals surface area contributed by atoms with Gasteiger partial charge in [0.1, 0.15) is 0 Å². The average molecular weight is 312 g/mol. The molecule has 0 saturated heterocycles. The minimum absolute atomic E-state index is 0.245. The van der Waals surface area contributed by atoms with Crippen LogP contribution >= 0.6 is 11.6 Å². The lowest BCUT2D eigenvalue weighted by atomic mass is 10.1. The van der Waals surface area contributed by atoms with E-state index in [-0.39, 0.29) is 5.91 Å². The van der Waals surface area contributed by atoms with Crippen LogP contribution in [0.4, 0.5) is 0 Å². The van der Waals surface area contributed by atoms with Gasteiger partial charge in [0.15, 0.2) is 0 Å². The maximum Gasteiger partial charge on any atom is 0.273 e. The topological polar surface area (TPSA) is 57.2 Å². The Hall–Kier alpha value is -2.59. The molecule has 2 N–H and O–H groups in total. The number of hydrogen-bond acceptors (Lipinski definition) is 2. The second kappa shape index (κ2) is 6.03. The molecule has 0 atom stereocenters. The third kappa shape index (κ3) is 2.87. The summed E-state index contributed by atoms with van der Waals surface area (Å²) in [6.07, 6.45) is 1.69. The number of fused-ring (bicyclic) bond motifs is 1. The monoisotopic (exact) mass is 311 g/mol. The standard InChI is InChI=1S/C17H14ClN3O/c1-11(12-6-8-13(18)9-7-12)20-21-17(22)15-10-19-16-5-3-2-4-14(15)16/h2-10,19H,1H3,(H,21,22)/b20-11+. The Kier molecular flexibility index (Phi) is 3.94. The van der Waals surface area contributed by atoms with Crippen molar-refractivity contribution < 1.29 is 4.79 Å². The van der Waals surface area contributed by atoms with Gasteiger partial charge in [-0.05, 0) is 30.7 Å². The number of hydrogen-bond donors (Lipinski definition) is 2. The van der Waals surface area contributed by atoms with Crippen LogP contribution < -0.4 is 5.43 Å². The van der Waals surface area contributed by atoms with Crippen LogP contribution in [0.15, 0.2) is 59.8 Å². The highest BCUT2D eigenvalue weighted by molar-refractivity contribution is 6.30. The third-order valence-electron chi connectivity index (χ3n) is 3.42. The summed E-state index contributed by atoms with van der Waals surface area (Å²) in [4.78, 5) is 15.3. The first-order chi connectivity index (χ1) is 10.6. The molecule has 0 spiro atoms. The van der Waals surface area contributed by atoms with Crippen LogP contribution in [0.1, 0.15) is 22.8 Å². The van der Waals surface area contributed by atoms with Gasteiger partial charge >= 0.3 is 0 Å². The Morgan fingerprint density at radius 2 is 1.86 bits per heavy atom. The molecule has 1 heterocycles. The molecule has 0 bridgehead atoms. The third-order valence-corrected chi connectivity index (χ3v) is 3.67. The second-order valence-electron chi connectivity index (χ2n) is 4.89. The number of amides is 1. The van der Waals surface area contributed by atoms with Crippen molar-refractivity contribution in [2.75, 3.05) is 0 Å². The number of benzene rings is 2. The summed E-state index contributed by atoms with van der Waals surface area (Å²) in [5.74, 6) is -0.245. The van der Waals surface area contributed by atoms with Crippen molar-refractivity contribution in [2.45, 2.75) is 6.92 Å². The minimum atomic E-state index is -0.245. The summed E-state index contributed by atoms with van der Waals surface area (Å²) in [5, 5.41) is 5.69. The predicted octanol–water partition coefficient (Wildman–Crippen LogP) is 3.98. The molecule has 0 saturated carbocycles. The SMILES string of the molecule is C/C(=N\NC(=O)c1c[nH]c2ccccc12)c1ccc(Cl)cc1. The highest BCUT2D eigenvalue weighted by atomic mass is 35.5. The number of nitrogens with zero attached hydrogens (tertiary/aromatic N) is 1. The number of aromatic amines is 1. The number of halogens is 1. The molecule has 0 aliphatic heterocycles. The van der Waals surface area contributed by atoms with Gasteiger partial charge in [-0.15, -0.1) is 0 Å². The van der Waals surface area contributed by atoms with Crippen LogP contribution in [-0.4, -0.2) is 16.6 Å². The molecule has 3 aromatic rings. The number of aromatic nitrogens is 1. The molecule has 1 amide bonds. The molecule has 0 fully saturated rings. The van der Waals surface area contributed by atoms with Crippen molar-refractivity contribution in [3.8, 4) is 0 Å². The first kappa shape index (κ1) is 14.4. The number of para-hydroxylation sites is 1. The Balaban J connectivity index is 1.79. The Morgan fingerprint density at radius 3 is 2.64 bits per heavy atom.